The van der Waals surface area contributed by atoms with E-state index >= 15 is 0 Å². The van der Waals surface area contributed by atoms with E-state index in [-0.39, 0.29) is 43.2 Å². The second-order valence-corrected chi connectivity index (χ2v) is 5.22. The molecule has 8 heteroatoms. The van der Waals surface area contributed by atoms with Gasteiger partial charge in [0.05, 0.1) is 6.54 Å². The highest BCUT2D eigenvalue weighted by molar-refractivity contribution is 5.85. The topological polar surface area (TPSA) is 35.6 Å². The van der Waals surface area contributed by atoms with E-state index in [1.165, 1.54) is 0 Å². The fourth-order valence-corrected chi connectivity index (χ4v) is 2.50. The predicted octanol–water partition coefficient (Wildman–Crippen LogP) is 1.09. The van der Waals surface area contributed by atoms with Gasteiger partial charge < -0.3 is 10.2 Å². The van der Waals surface area contributed by atoms with Gasteiger partial charge in [0.2, 0.25) is 5.91 Å². The summed E-state index contributed by atoms with van der Waals surface area (Å²) in [4.78, 5) is 15.7. The molecule has 120 valence electrons. The highest BCUT2D eigenvalue weighted by atomic mass is 35.5. The van der Waals surface area contributed by atoms with Crippen molar-refractivity contribution in [1.29, 1.82) is 0 Å². The Hall–Kier alpha value is -0.170. The van der Waals surface area contributed by atoms with Gasteiger partial charge in [0, 0.05) is 32.1 Å². The van der Waals surface area contributed by atoms with Crippen LogP contribution in [0.25, 0.3) is 0 Å². The Kier molecular flexibility index (Phi) is 8.90. The molecular formula is C12H23Cl2F2N3O. The van der Waals surface area contributed by atoms with Crippen LogP contribution in [0.3, 0.4) is 0 Å². The number of halogens is 4. The minimum atomic E-state index is -2.28. The maximum absolute atomic E-state index is 12.2. The Morgan fingerprint density at radius 3 is 2.15 bits per heavy atom. The van der Waals surface area contributed by atoms with E-state index in [4.69, 9.17) is 0 Å². The van der Waals surface area contributed by atoms with Gasteiger partial charge in [-0.3, -0.25) is 9.69 Å². The van der Waals surface area contributed by atoms with Crippen molar-refractivity contribution in [3.63, 3.8) is 0 Å². The third kappa shape index (κ3) is 4.98. The van der Waals surface area contributed by atoms with E-state index in [0.717, 1.165) is 13.1 Å². The Morgan fingerprint density at radius 2 is 1.75 bits per heavy atom. The average molecular weight is 334 g/mol. The molecule has 1 amide bonds. The molecule has 2 aliphatic rings. The Morgan fingerprint density at radius 1 is 1.20 bits per heavy atom. The molecule has 0 aromatic rings. The smallest absolute Gasteiger partial charge is 0.251 e. The van der Waals surface area contributed by atoms with Crippen molar-refractivity contribution in [3.8, 4) is 0 Å². The molecule has 0 aromatic heterocycles. The number of carbonyl (C=O) groups excluding carboxylic acids is 1. The number of carbonyl (C=O) groups is 1. The van der Waals surface area contributed by atoms with Crippen molar-refractivity contribution in [2.24, 2.45) is 11.8 Å². The molecule has 0 aromatic carbocycles. The molecule has 1 unspecified atom stereocenters. The molecule has 2 fully saturated rings. The van der Waals surface area contributed by atoms with Crippen LogP contribution in [0.1, 0.15) is 6.92 Å². The van der Waals surface area contributed by atoms with Gasteiger partial charge in [0.25, 0.3) is 6.43 Å². The minimum absolute atomic E-state index is 0. The summed E-state index contributed by atoms with van der Waals surface area (Å²) in [6.07, 6.45) is -2.28. The van der Waals surface area contributed by atoms with Crippen molar-refractivity contribution >= 4 is 30.7 Å². The molecule has 2 saturated heterocycles. The Bertz CT molecular complexity index is 298. The van der Waals surface area contributed by atoms with Crippen LogP contribution in [0.15, 0.2) is 0 Å². The van der Waals surface area contributed by atoms with E-state index in [2.05, 4.69) is 5.32 Å². The van der Waals surface area contributed by atoms with Gasteiger partial charge in [0.1, 0.15) is 0 Å². The zero-order valence-electron chi connectivity index (χ0n) is 11.6. The normalized spacial score (nSPS) is 21.7. The molecule has 0 spiro atoms. The van der Waals surface area contributed by atoms with Gasteiger partial charge in [0.15, 0.2) is 0 Å². The first-order valence-corrected chi connectivity index (χ1v) is 6.58. The van der Waals surface area contributed by atoms with Crippen LogP contribution >= 0.6 is 24.8 Å². The lowest BCUT2D eigenvalue weighted by Crippen LogP contribution is -2.54. The molecule has 0 saturated carbocycles. The summed E-state index contributed by atoms with van der Waals surface area (Å²) in [5.41, 5.74) is 0. The van der Waals surface area contributed by atoms with Gasteiger partial charge in [-0.25, -0.2) is 8.78 Å². The number of nitrogens with zero attached hydrogens (tertiary/aromatic N) is 2. The zero-order chi connectivity index (χ0) is 13.1. The van der Waals surface area contributed by atoms with Crippen LogP contribution in [0.5, 0.6) is 0 Å². The Labute approximate surface area is 131 Å². The van der Waals surface area contributed by atoms with E-state index in [1.807, 2.05) is 11.8 Å². The number of rotatable bonds is 4. The third-order valence-corrected chi connectivity index (χ3v) is 3.99. The van der Waals surface area contributed by atoms with Crippen LogP contribution in [0.4, 0.5) is 8.78 Å². The van der Waals surface area contributed by atoms with Crippen LogP contribution in [-0.2, 0) is 4.79 Å². The first-order valence-electron chi connectivity index (χ1n) is 6.58. The molecule has 2 heterocycles. The summed E-state index contributed by atoms with van der Waals surface area (Å²) in [6, 6.07) is 0. The van der Waals surface area contributed by atoms with E-state index in [9.17, 15) is 13.6 Å². The monoisotopic (exact) mass is 333 g/mol. The van der Waals surface area contributed by atoms with Gasteiger partial charge in [-0.15, -0.1) is 24.8 Å². The Balaban J connectivity index is 0.00000180. The number of alkyl halides is 2. The largest absolute Gasteiger partial charge is 0.340 e. The fraction of sp³-hybridized carbons (Fsp3) is 0.917. The van der Waals surface area contributed by atoms with Crippen LogP contribution < -0.4 is 5.32 Å². The van der Waals surface area contributed by atoms with Crippen LogP contribution in [-0.4, -0.2) is 67.9 Å². The second-order valence-electron chi connectivity index (χ2n) is 5.22. The molecule has 0 aliphatic carbocycles. The van der Waals surface area contributed by atoms with Crippen molar-refractivity contribution in [2.45, 2.75) is 13.3 Å². The second kappa shape index (κ2) is 8.97. The first-order chi connectivity index (χ1) is 8.58. The van der Waals surface area contributed by atoms with Crippen LogP contribution in [0.2, 0.25) is 0 Å². The predicted molar refractivity (Wildman–Crippen MR) is 79.0 cm³/mol. The average Bonchev–Trinajstić information content (AvgIpc) is 2.26. The maximum Gasteiger partial charge on any atom is 0.251 e. The summed E-state index contributed by atoms with van der Waals surface area (Å²) in [5, 5.41) is 3.17. The molecule has 1 atom stereocenters. The molecule has 0 bridgehead atoms. The lowest BCUT2D eigenvalue weighted by atomic mass is 9.88. The number of hydrogen-bond donors (Lipinski definition) is 1. The van der Waals surface area contributed by atoms with Crippen molar-refractivity contribution in [3.05, 3.63) is 0 Å². The van der Waals surface area contributed by atoms with Crippen molar-refractivity contribution in [1.82, 2.24) is 15.1 Å². The summed E-state index contributed by atoms with van der Waals surface area (Å²) >= 11 is 0. The van der Waals surface area contributed by atoms with E-state index in [0.29, 0.717) is 32.1 Å². The molecule has 2 aliphatic heterocycles. The van der Waals surface area contributed by atoms with Gasteiger partial charge in [-0.05, 0) is 19.0 Å². The van der Waals surface area contributed by atoms with Crippen LogP contribution in [0, 0.1) is 11.8 Å². The van der Waals surface area contributed by atoms with Gasteiger partial charge in [-0.2, -0.15) is 0 Å². The van der Waals surface area contributed by atoms with Gasteiger partial charge >= 0.3 is 0 Å². The quantitative estimate of drug-likeness (QED) is 0.836. The van der Waals surface area contributed by atoms with E-state index in [1.54, 1.807) is 4.90 Å². The van der Waals surface area contributed by atoms with Crippen molar-refractivity contribution < 1.29 is 13.6 Å². The highest BCUT2D eigenvalue weighted by Gasteiger charge is 2.32. The highest BCUT2D eigenvalue weighted by Crippen LogP contribution is 2.19. The minimum Gasteiger partial charge on any atom is -0.340 e. The summed E-state index contributed by atoms with van der Waals surface area (Å²) in [7, 11) is 0. The maximum atomic E-state index is 12.2. The molecule has 0 radical (unpaired) electrons. The third-order valence-electron chi connectivity index (χ3n) is 3.99. The molecule has 2 rings (SSSR count). The van der Waals surface area contributed by atoms with Gasteiger partial charge in [-0.1, -0.05) is 6.92 Å². The number of amides is 1. The number of nitrogens with one attached hydrogen (secondary N) is 1. The number of hydrogen-bond acceptors (Lipinski definition) is 3. The summed E-state index contributed by atoms with van der Waals surface area (Å²) < 4.78 is 24.5. The van der Waals surface area contributed by atoms with E-state index < -0.39 is 6.43 Å². The first kappa shape index (κ1) is 19.8. The summed E-state index contributed by atoms with van der Waals surface area (Å²) in [6.45, 7) is 5.91. The molecular weight excluding hydrogens is 311 g/mol. The lowest BCUT2D eigenvalue weighted by molar-refractivity contribution is -0.139. The lowest BCUT2D eigenvalue weighted by Gasteiger charge is -2.39. The molecule has 20 heavy (non-hydrogen) atoms. The fourth-order valence-electron chi connectivity index (χ4n) is 2.50. The number of piperazine rings is 1. The molecule has 4 nitrogen and oxygen atoms in total. The SMILES string of the molecule is CC(C(=O)N1CCN(CC(F)F)CC1)C1CNC1.Cl.Cl. The van der Waals surface area contributed by atoms with Crippen molar-refractivity contribution in [2.75, 3.05) is 45.8 Å². The zero-order valence-corrected chi connectivity index (χ0v) is 13.2. The summed E-state index contributed by atoms with van der Waals surface area (Å²) in [5.74, 6) is 0.669. The molecule has 1 N–H and O–H groups in total. The standard InChI is InChI=1S/C12H21F2N3O.2ClH/c1-9(10-6-15-7-10)12(18)17-4-2-16(3-5-17)8-11(13)14;;/h9-11,15H,2-8H2,1H3;2*1H.